The van der Waals surface area contributed by atoms with Crippen LogP contribution in [-0.2, 0) is 4.79 Å². The Bertz CT molecular complexity index is 331. The molecule has 3 amide bonds. The van der Waals surface area contributed by atoms with E-state index >= 15 is 0 Å². The van der Waals surface area contributed by atoms with Crippen LogP contribution in [0.3, 0.4) is 0 Å². The lowest BCUT2D eigenvalue weighted by molar-refractivity contribution is -0.124. The molecule has 1 unspecified atom stereocenters. The van der Waals surface area contributed by atoms with Crippen molar-refractivity contribution in [2.24, 2.45) is 0 Å². The lowest BCUT2D eigenvalue weighted by atomic mass is 10.4. The van der Waals surface area contributed by atoms with Crippen molar-refractivity contribution in [2.45, 2.75) is 52.2 Å². The van der Waals surface area contributed by atoms with Gasteiger partial charge in [-0.15, -0.1) is 0 Å². The average molecular weight is 258 g/mol. The number of urea groups is 1. The van der Waals surface area contributed by atoms with Crippen LogP contribution < -0.4 is 0 Å². The Kier molecular flexibility index (Phi) is 3.10. The molecule has 1 atom stereocenters. The van der Waals surface area contributed by atoms with Crippen molar-refractivity contribution in [1.82, 2.24) is 9.13 Å². The lowest BCUT2D eigenvalue weighted by Crippen LogP contribution is -2.54. The third-order valence-electron chi connectivity index (χ3n) is 2.76. The standard InChI is InChI=1S/C10H22N2O2Si2/c1-8-9(13)12(16(5,6)7)10(14)11(8)15(2,3)4/h8H,1-7H3. The zero-order chi connectivity index (χ0) is 12.9. The first-order valence-electron chi connectivity index (χ1n) is 5.65. The molecule has 1 heterocycles. The lowest BCUT2D eigenvalue weighted by Gasteiger charge is -2.33. The Morgan fingerprint density at radius 2 is 1.38 bits per heavy atom. The van der Waals surface area contributed by atoms with Gasteiger partial charge in [0.2, 0.25) is 5.91 Å². The van der Waals surface area contributed by atoms with E-state index in [2.05, 4.69) is 19.6 Å². The maximum atomic E-state index is 12.3. The molecular formula is C10H22N2O2Si2. The van der Waals surface area contributed by atoms with Crippen LogP contribution >= 0.6 is 0 Å². The molecule has 0 aromatic heterocycles. The molecule has 16 heavy (non-hydrogen) atoms. The highest BCUT2D eigenvalue weighted by molar-refractivity contribution is 6.81. The Morgan fingerprint density at radius 1 is 0.938 bits per heavy atom. The van der Waals surface area contributed by atoms with Gasteiger partial charge in [-0.05, 0) is 6.92 Å². The van der Waals surface area contributed by atoms with Gasteiger partial charge in [0, 0.05) is 0 Å². The first-order valence-corrected chi connectivity index (χ1v) is 12.5. The average Bonchev–Trinajstić information content (AvgIpc) is 2.19. The van der Waals surface area contributed by atoms with Gasteiger partial charge in [-0.25, -0.2) is 4.79 Å². The maximum Gasteiger partial charge on any atom is 0.311 e. The summed E-state index contributed by atoms with van der Waals surface area (Å²) in [5.41, 5.74) is 0. The van der Waals surface area contributed by atoms with E-state index in [4.69, 9.17) is 0 Å². The van der Waals surface area contributed by atoms with Gasteiger partial charge in [0.25, 0.3) is 0 Å². The summed E-state index contributed by atoms with van der Waals surface area (Å²) in [6.45, 7) is 14.2. The fourth-order valence-electron chi connectivity index (χ4n) is 2.15. The van der Waals surface area contributed by atoms with E-state index in [0.29, 0.717) is 0 Å². The van der Waals surface area contributed by atoms with Gasteiger partial charge < -0.3 is 4.57 Å². The second-order valence-corrected chi connectivity index (χ2v) is 16.0. The fraction of sp³-hybridized carbons (Fsp3) is 0.800. The molecule has 4 nitrogen and oxygen atoms in total. The molecule has 1 fully saturated rings. The smallest absolute Gasteiger partial charge is 0.311 e. The molecule has 0 bridgehead atoms. The van der Waals surface area contributed by atoms with Crippen molar-refractivity contribution in [3.05, 3.63) is 0 Å². The van der Waals surface area contributed by atoms with Crippen molar-refractivity contribution in [1.29, 1.82) is 0 Å². The molecule has 0 saturated carbocycles. The van der Waals surface area contributed by atoms with Crippen LogP contribution in [0.1, 0.15) is 6.92 Å². The summed E-state index contributed by atoms with van der Waals surface area (Å²) in [7, 11) is -3.67. The van der Waals surface area contributed by atoms with Crippen molar-refractivity contribution in [3.63, 3.8) is 0 Å². The summed E-state index contributed by atoms with van der Waals surface area (Å²) in [5.74, 6) is -0.00779. The first-order chi connectivity index (χ1) is 6.98. The maximum absolute atomic E-state index is 12.3. The molecule has 92 valence electrons. The number of hydrogen-bond donors (Lipinski definition) is 0. The van der Waals surface area contributed by atoms with Crippen LogP contribution in [0.2, 0.25) is 39.3 Å². The van der Waals surface area contributed by atoms with E-state index in [-0.39, 0.29) is 18.0 Å². The molecule has 1 aliphatic rings. The Labute approximate surface area is 99.8 Å². The minimum Gasteiger partial charge on any atom is -0.342 e. The second-order valence-electron chi connectivity index (χ2n) is 6.34. The zero-order valence-corrected chi connectivity index (χ0v) is 13.3. The number of rotatable bonds is 2. The highest BCUT2D eigenvalue weighted by Crippen LogP contribution is 2.28. The normalized spacial score (nSPS) is 23.3. The molecule has 1 aliphatic heterocycles. The number of nitrogens with zero attached hydrogens (tertiary/aromatic N) is 2. The van der Waals surface area contributed by atoms with Crippen molar-refractivity contribution in [3.8, 4) is 0 Å². The highest BCUT2D eigenvalue weighted by atomic mass is 28.3. The minimum absolute atomic E-state index is 0.00779. The van der Waals surface area contributed by atoms with Crippen LogP contribution in [0.5, 0.6) is 0 Å². The molecule has 0 aromatic rings. The van der Waals surface area contributed by atoms with Crippen molar-refractivity contribution in [2.75, 3.05) is 0 Å². The molecule has 0 spiro atoms. The van der Waals surface area contributed by atoms with E-state index in [0.717, 1.165) is 0 Å². The summed E-state index contributed by atoms with van der Waals surface area (Å²) in [4.78, 5) is 24.5. The summed E-state index contributed by atoms with van der Waals surface area (Å²) in [6, 6.07) is -0.332. The van der Waals surface area contributed by atoms with Gasteiger partial charge in [0.15, 0.2) is 16.5 Å². The van der Waals surface area contributed by atoms with E-state index in [9.17, 15) is 9.59 Å². The van der Waals surface area contributed by atoms with Gasteiger partial charge in [-0.2, -0.15) is 0 Å². The van der Waals surface area contributed by atoms with Gasteiger partial charge >= 0.3 is 6.03 Å². The van der Waals surface area contributed by atoms with Crippen LogP contribution in [0, 0.1) is 0 Å². The first kappa shape index (κ1) is 13.4. The zero-order valence-electron chi connectivity index (χ0n) is 11.3. The number of hydrogen-bond acceptors (Lipinski definition) is 2. The molecule has 0 aliphatic carbocycles. The monoisotopic (exact) mass is 258 g/mol. The van der Waals surface area contributed by atoms with Crippen molar-refractivity contribution >= 4 is 28.4 Å². The topological polar surface area (TPSA) is 40.6 Å². The van der Waals surface area contributed by atoms with E-state index in [1.807, 2.05) is 31.1 Å². The molecule has 1 rings (SSSR count). The minimum atomic E-state index is -1.90. The molecule has 0 N–H and O–H groups in total. The Morgan fingerprint density at radius 3 is 1.56 bits per heavy atom. The largest absolute Gasteiger partial charge is 0.342 e. The predicted molar refractivity (Wildman–Crippen MR) is 70.2 cm³/mol. The molecule has 0 aromatic carbocycles. The van der Waals surface area contributed by atoms with Crippen LogP contribution in [-0.4, -0.2) is 43.6 Å². The van der Waals surface area contributed by atoms with E-state index in [1.54, 1.807) is 0 Å². The quantitative estimate of drug-likeness (QED) is 0.563. The second kappa shape index (κ2) is 3.70. The van der Waals surface area contributed by atoms with Gasteiger partial charge in [0.1, 0.15) is 6.04 Å². The van der Waals surface area contributed by atoms with Crippen LogP contribution in [0.15, 0.2) is 0 Å². The third-order valence-corrected chi connectivity index (χ3v) is 6.53. The number of imide groups is 1. The van der Waals surface area contributed by atoms with Gasteiger partial charge in [-0.3, -0.25) is 9.36 Å². The van der Waals surface area contributed by atoms with E-state index in [1.165, 1.54) is 4.57 Å². The van der Waals surface area contributed by atoms with Gasteiger partial charge in [-0.1, -0.05) is 39.3 Å². The summed E-state index contributed by atoms with van der Waals surface area (Å²) >= 11 is 0. The van der Waals surface area contributed by atoms with Crippen LogP contribution in [0.4, 0.5) is 4.79 Å². The predicted octanol–water partition coefficient (Wildman–Crippen LogP) is 2.31. The third kappa shape index (κ3) is 2.08. The summed E-state index contributed by atoms with van der Waals surface area (Å²) < 4.78 is 3.36. The number of carbonyl (C=O) groups is 2. The van der Waals surface area contributed by atoms with Crippen LogP contribution in [0.25, 0.3) is 0 Å². The fourth-order valence-corrected chi connectivity index (χ4v) is 5.73. The van der Waals surface area contributed by atoms with Crippen molar-refractivity contribution < 1.29 is 9.59 Å². The summed E-state index contributed by atoms with van der Waals surface area (Å²) in [6.07, 6.45) is 0. The Hall–Kier alpha value is -0.626. The number of carbonyl (C=O) groups excluding carboxylic acids is 2. The molecular weight excluding hydrogens is 236 g/mol. The summed E-state index contributed by atoms with van der Waals surface area (Å²) in [5, 5.41) is 0. The molecule has 0 radical (unpaired) electrons. The highest BCUT2D eigenvalue weighted by Gasteiger charge is 2.51. The Balaban J connectivity index is 3.15. The molecule has 6 heteroatoms. The van der Waals surface area contributed by atoms with Gasteiger partial charge in [0.05, 0.1) is 0 Å². The molecule has 1 saturated heterocycles. The number of amides is 3. The SMILES string of the molecule is CC1C(=O)N([Si](C)(C)C)C(=O)N1[Si](C)(C)C. The van der Waals surface area contributed by atoms with E-state index < -0.39 is 16.5 Å².